The molecule has 6 fully saturated rings. The summed E-state index contributed by atoms with van der Waals surface area (Å²) in [6.07, 6.45) is 10.9. The number of hydrogen-bond acceptors (Lipinski definition) is 10. The number of quaternary nitrogens is 1. The second-order valence-electron chi connectivity index (χ2n) is 16.1. The van der Waals surface area contributed by atoms with Crippen LogP contribution in [0.4, 0.5) is 0 Å². The molecule has 5 saturated heterocycles. The number of hydrogen-bond donors (Lipinski definition) is 3. The molecule has 0 bridgehead atoms. The number of carbonyl (C=O) groups is 3. The number of fused-ring (bicyclic) bond motifs is 7. The summed E-state index contributed by atoms with van der Waals surface area (Å²) in [7, 11) is 3.73. The number of amides is 1. The van der Waals surface area contributed by atoms with Crippen LogP contribution in [-0.2, 0) is 28.6 Å². The van der Waals surface area contributed by atoms with Gasteiger partial charge >= 0.3 is 11.9 Å². The minimum atomic E-state index is -0.942. The first-order valence-electron chi connectivity index (χ1n) is 18.7. The van der Waals surface area contributed by atoms with Crippen LogP contribution in [0.25, 0.3) is 0 Å². The third-order valence-corrected chi connectivity index (χ3v) is 15.8. The lowest BCUT2D eigenvalue weighted by Crippen LogP contribution is -2.96. The average molecular weight is 719 g/mol. The largest absolute Gasteiger partial charge is 0.462 e. The zero-order chi connectivity index (χ0) is 34.5. The predicted molar refractivity (Wildman–Crippen MR) is 189 cm³/mol. The molecule has 1 amide bonds. The van der Waals surface area contributed by atoms with Crippen molar-refractivity contribution in [3.63, 3.8) is 0 Å². The number of ether oxygens (including phenoxy) is 3. The Morgan fingerprint density at radius 1 is 1.18 bits per heavy atom. The molecule has 7 aliphatic rings. The van der Waals surface area contributed by atoms with Gasteiger partial charge in [-0.3, -0.25) is 15.3 Å². The molecular weight excluding hydrogens is 663 g/mol. The molecule has 12 atom stereocenters. The van der Waals surface area contributed by atoms with Crippen LogP contribution in [0.3, 0.4) is 0 Å². The fraction of sp³-hybridized carbons (Fsp3) is 0.811. The van der Waals surface area contributed by atoms with Gasteiger partial charge in [0.1, 0.15) is 23.5 Å². The van der Waals surface area contributed by atoms with E-state index in [1.165, 1.54) is 5.57 Å². The summed E-state index contributed by atoms with van der Waals surface area (Å²) >= 11 is 0. The third-order valence-electron chi connectivity index (χ3n) is 13.4. The van der Waals surface area contributed by atoms with E-state index in [4.69, 9.17) is 19.9 Å². The monoisotopic (exact) mass is 718 g/mol. The van der Waals surface area contributed by atoms with Gasteiger partial charge in [0.2, 0.25) is 5.91 Å². The summed E-state index contributed by atoms with van der Waals surface area (Å²) in [6.45, 7) is 7.44. The Kier molecular flexibility index (Phi) is 10.6. The lowest BCUT2D eigenvalue weighted by Gasteiger charge is -2.56. The minimum absolute atomic E-state index is 0.0742. The van der Waals surface area contributed by atoms with Crippen molar-refractivity contribution in [1.29, 1.82) is 0 Å². The molecule has 12 unspecified atom stereocenters. The first-order valence-corrected chi connectivity index (χ1v) is 21.2. The number of aliphatic hydroxyl groups is 1. The van der Waals surface area contributed by atoms with Crippen molar-refractivity contribution in [3.05, 3.63) is 23.3 Å². The van der Waals surface area contributed by atoms with Crippen LogP contribution in [0, 0.1) is 35.5 Å². The molecule has 0 radical (unpaired) electrons. The standard InChI is InChI=1S/C37H55N3O7S2/c1-4-21(2)34(43)47-36(3)9-7-23-19-48-49-20-27-8-10-40(27)32(42)14-26-18-39-31(38)15-28(26)33(23)37(36)17-25-13-24-12-22(6-5-11-41)35(44)45-29(24)16-30(25)46-37/h4,7,22,24-31,33,39,41H,5-6,8-20,38H2,1-3H3/p+1. The fourth-order valence-electron chi connectivity index (χ4n) is 10.4. The Bertz CT molecular complexity index is 1360. The highest BCUT2D eigenvalue weighted by molar-refractivity contribution is 8.76. The summed E-state index contributed by atoms with van der Waals surface area (Å²) in [4.78, 5) is 42.6. The molecule has 5 N–H and O–H groups in total. The molecule has 1 saturated carbocycles. The minimum Gasteiger partial charge on any atom is -0.462 e. The first kappa shape index (κ1) is 35.8. The van der Waals surface area contributed by atoms with Crippen molar-refractivity contribution in [2.24, 2.45) is 41.2 Å². The Morgan fingerprint density at radius 2 is 2.02 bits per heavy atom. The van der Waals surface area contributed by atoms with Crippen LogP contribution in [0.5, 0.6) is 0 Å². The summed E-state index contributed by atoms with van der Waals surface area (Å²) in [5, 5.41) is 11.6. The second kappa shape index (κ2) is 14.5. The van der Waals surface area contributed by atoms with Crippen LogP contribution in [0.2, 0.25) is 0 Å². The van der Waals surface area contributed by atoms with Gasteiger partial charge in [0, 0.05) is 73.8 Å². The van der Waals surface area contributed by atoms with Gasteiger partial charge in [0.15, 0.2) is 0 Å². The van der Waals surface area contributed by atoms with E-state index in [-0.39, 0.29) is 78.3 Å². The van der Waals surface area contributed by atoms with Crippen LogP contribution in [-0.4, -0.2) is 94.7 Å². The fourth-order valence-corrected chi connectivity index (χ4v) is 13.0. The van der Waals surface area contributed by atoms with E-state index in [0.717, 1.165) is 56.7 Å². The number of esters is 2. The molecule has 5 aliphatic heterocycles. The van der Waals surface area contributed by atoms with E-state index in [2.05, 4.69) is 23.2 Å². The van der Waals surface area contributed by atoms with Crippen molar-refractivity contribution >= 4 is 39.4 Å². The molecule has 2 aliphatic carbocycles. The van der Waals surface area contributed by atoms with E-state index in [1.807, 2.05) is 28.5 Å². The van der Waals surface area contributed by atoms with Gasteiger partial charge in [-0.1, -0.05) is 39.3 Å². The van der Waals surface area contributed by atoms with Crippen molar-refractivity contribution in [2.45, 2.75) is 121 Å². The van der Waals surface area contributed by atoms with E-state index < -0.39 is 11.2 Å². The number of rotatable bonds is 5. The Morgan fingerprint density at radius 3 is 2.78 bits per heavy atom. The molecule has 1 spiro atoms. The first-order chi connectivity index (χ1) is 23.6. The van der Waals surface area contributed by atoms with Crippen molar-refractivity contribution in [1.82, 2.24) is 4.90 Å². The quantitative estimate of drug-likeness (QED) is 0.168. The Hall–Kier alpha value is -1.57. The molecule has 5 heterocycles. The SMILES string of the molecule is CC=C(C)C(=O)OC1(C)CC=C2CSSCC3CCN3C(=O)CC3C[NH2+]C(N)CC3C2C12CC1CC3CC(CCCO)C(=O)OC3CC1O2. The maximum Gasteiger partial charge on any atom is 0.334 e. The number of nitrogens with two attached hydrogens (primary N) is 2. The molecule has 0 aromatic rings. The van der Waals surface area contributed by atoms with E-state index in [0.29, 0.717) is 43.7 Å². The number of allylic oxidation sites excluding steroid dienone is 1. The molecule has 12 heteroatoms. The summed E-state index contributed by atoms with van der Waals surface area (Å²) < 4.78 is 20.3. The zero-order valence-electron chi connectivity index (χ0n) is 29.3. The van der Waals surface area contributed by atoms with Crippen LogP contribution < -0.4 is 11.1 Å². The van der Waals surface area contributed by atoms with Gasteiger partial charge in [0.05, 0.1) is 18.6 Å². The number of carbonyl (C=O) groups excluding carboxylic acids is 3. The Labute approximate surface area is 298 Å². The van der Waals surface area contributed by atoms with Gasteiger partial charge in [0.25, 0.3) is 0 Å². The topological polar surface area (TPSA) is 145 Å². The number of piperidine rings is 1. The lowest BCUT2D eigenvalue weighted by molar-refractivity contribution is -0.706. The van der Waals surface area contributed by atoms with Crippen molar-refractivity contribution in [2.75, 3.05) is 31.2 Å². The molecule has 0 aromatic carbocycles. The second-order valence-corrected chi connectivity index (χ2v) is 18.7. The van der Waals surface area contributed by atoms with Gasteiger partial charge in [-0.25, -0.2) is 4.79 Å². The van der Waals surface area contributed by atoms with Crippen LogP contribution in [0.15, 0.2) is 23.3 Å². The maximum atomic E-state index is 13.8. The highest BCUT2D eigenvalue weighted by atomic mass is 33.1. The number of nitrogens with zero attached hydrogens (tertiary/aromatic N) is 1. The predicted octanol–water partition coefficient (Wildman–Crippen LogP) is 3.33. The molecule has 10 nitrogen and oxygen atoms in total. The molecule has 7 rings (SSSR count). The van der Waals surface area contributed by atoms with Crippen LogP contribution in [0.1, 0.15) is 85.0 Å². The highest BCUT2D eigenvalue weighted by Crippen LogP contribution is 2.62. The van der Waals surface area contributed by atoms with Gasteiger partial charge in [-0.15, -0.1) is 0 Å². The van der Waals surface area contributed by atoms with Gasteiger partial charge in [-0.2, -0.15) is 0 Å². The summed E-state index contributed by atoms with van der Waals surface area (Å²) in [5.41, 5.74) is 6.89. The summed E-state index contributed by atoms with van der Waals surface area (Å²) in [6, 6.07) is 0.319. The zero-order valence-corrected chi connectivity index (χ0v) is 31.0. The molecule has 272 valence electrons. The van der Waals surface area contributed by atoms with E-state index >= 15 is 0 Å². The maximum absolute atomic E-state index is 13.8. The van der Waals surface area contributed by atoms with Crippen molar-refractivity contribution in [3.8, 4) is 0 Å². The smallest absolute Gasteiger partial charge is 0.334 e. The van der Waals surface area contributed by atoms with E-state index in [9.17, 15) is 19.5 Å². The molecule has 0 aromatic heterocycles. The molecular formula is C37H56N3O7S2+. The summed E-state index contributed by atoms with van der Waals surface area (Å²) in [5.74, 6) is 1.99. The van der Waals surface area contributed by atoms with Crippen molar-refractivity contribution < 1.29 is 39.0 Å². The molecule has 49 heavy (non-hydrogen) atoms. The van der Waals surface area contributed by atoms with Crippen LogP contribution >= 0.6 is 21.6 Å². The van der Waals surface area contributed by atoms with Gasteiger partial charge < -0.3 is 29.5 Å². The average Bonchev–Trinajstić information content (AvgIpc) is 3.43. The third kappa shape index (κ3) is 6.65. The van der Waals surface area contributed by atoms with Gasteiger partial charge in [-0.05, 0) is 77.0 Å². The highest BCUT2D eigenvalue weighted by Gasteiger charge is 2.68. The van der Waals surface area contributed by atoms with E-state index in [1.54, 1.807) is 13.0 Å². The number of aliphatic hydroxyl groups excluding tert-OH is 1. The normalized spacial score (nSPS) is 44.1. The lowest BCUT2D eigenvalue weighted by atomic mass is 9.56. The Balaban J connectivity index is 1.27.